The molecule has 0 fully saturated rings. The molecule has 3 rings (SSSR count). The molecule has 110 valence electrons. The van der Waals surface area contributed by atoms with Gasteiger partial charge in [0.1, 0.15) is 0 Å². The van der Waals surface area contributed by atoms with Gasteiger partial charge in [-0.1, -0.05) is 6.07 Å². The average molecular weight is 301 g/mol. The zero-order valence-corrected chi connectivity index (χ0v) is 13.1. The Morgan fingerprint density at radius 2 is 1.81 bits per heavy atom. The molecule has 0 saturated carbocycles. The first-order valence-corrected chi connectivity index (χ1v) is 8.07. The molecule has 2 aromatic rings. The maximum Gasteiger partial charge on any atom is 0.325 e. The van der Waals surface area contributed by atoms with Gasteiger partial charge in [0, 0.05) is 10.6 Å². The van der Waals surface area contributed by atoms with E-state index in [4.69, 9.17) is 0 Å². The first kappa shape index (κ1) is 14.1. The zero-order chi connectivity index (χ0) is 14.8. The van der Waals surface area contributed by atoms with E-state index >= 15 is 0 Å². The molecule has 0 unspecified atom stereocenters. The fourth-order valence-corrected chi connectivity index (χ4v) is 3.76. The maximum absolute atomic E-state index is 12.1. The van der Waals surface area contributed by atoms with E-state index in [1.165, 1.54) is 17.7 Å². The summed E-state index contributed by atoms with van der Waals surface area (Å²) in [7, 11) is 0. The quantitative estimate of drug-likeness (QED) is 0.869. The van der Waals surface area contributed by atoms with Crippen LogP contribution in [0, 0.1) is 13.8 Å². The summed E-state index contributed by atoms with van der Waals surface area (Å²) in [6, 6.07) is 5.77. The van der Waals surface area contributed by atoms with Crippen molar-refractivity contribution in [2.24, 2.45) is 0 Å². The molecule has 2 N–H and O–H groups in total. The summed E-state index contributed by atoms with van der Waals surface area (Å²) in [6.45, 7) is 4.04. The van der Waals surface area contributed by atoms with Gasteiger partial charge in [-0.15, -0.1) is 11.3 Å². The van der Waals surface area contributed by atoms with Crippen LogP contribution in [0.3, 0.4) is 0 Å². The molecule has 0 saturated heterocycles. The number of rotatable bonds is 2. The van der Waals surface area contributed by atoms with E-state index < -0.39 is 0 Å². The van der Waals surface area contributed by atoms with Crippen LogP contribution in [0.1, 0.15) is 34.5 Å². The minimum absolute atomic E-state index is 0.230. The number of amides is 2. The number of nitrogens with one attached hydrogen (secondary N) is 2. The molecule has 4 nitrogen and oxygen atoms in total. The van der Waals surface area contributed by atoms with Crippen LogP contribution in [0.4, 0.5) is 15.6 Å². The largest absolute Gasteiger partial charge is 0.325 e. The molecule has 21 heavy (non-hydrogen) atoms. The summed E-state index contributed by atoms with van der Waals surface area (Å²) < 4.78 is 0. The van der Waals surface area contributed by atoms with Gasteiger partial charge in [0.25, 0.3) is 0 Å². The van der Waals surface area contributed by atoms with Gasteiger partial charge in [-0.2, -0.15) is 0 Å². The number of thiazole rings is 1. The first-order valence-electron chi connectivity index (χ1n) is 7.25. The molecule has 0 radical (unpaired) electrons. The highest BCUT2D eigenvalue weighted by Gasteiger charge is 2.16. The lowest BCUT2D eigenvalue weighted by atomic mass is 10.0. The summed E-state index contributed by atoms with van der Waals surface area (Å²) in [5, 5.41) is 6.41. The Bertz CT molecular complexity index is 634. The molecule has 1 aromatic heterocycles. The molecular weight excluding hydrogens is 282 g/mol. The Morgan fingerprint density at radius 1 is 1.10 bits per heavy atom. The smallest absolute Gasteiger partial charge is 0.308 e. The second-order valence-electron chi connectivity index (χ2n) is 5.55. The lowest BCUT2D eigenvalue weighted by Gasteiger charge is -2.07. The van der Waals surface area contributed by atoms with Crippen molar-refractivity contribution in [2.75, 3.05) is 10.6 Å². The van der Waals surface area contributed by atoms with Crippen molar-refractivity contribution in [3.8, 4) is 0 Å². The third kappa shape index (κ3) is 3.42. The van der Waals surface area contributed by atoms with Crippen LogP contribution < -0.4 is 10.6 Å². The topological polar surface area (TPSA) is 54.0 Å². The number of carbonyl (C=O) groups is 1. The third-order valence-electron chi connectivity index (χ3n) is 3.55. The fourth-order valence-electron chi connectivity index (χ4n) is 2.71. The molecule has 1 aliphatic rings. The number of hydrogen-bond acceptors (Lipinski definition) is 3. The Morgan fingerprint density at radius 3 is 2.52 bits per heavy atom. The van der Waals surface area contributed by atoms with Gasteiger partial charge in [-0.25, -0.2) is 9.78 Å². The van der Waals surface area contributed by atoms with E-state index in [-0.39, 0.29) is 6.03 Å². The standard InChI is InChI=1S/C16H19N3OS/c1-10-7-11(2)9-12(8-10)17-15(20)19-16-18-13-5-3-4-6-14(13)21-16/h7-9H,3-6H2,1-2H3,(H2,17,18,19,20). The van der Waals surface area contributed by atoms with Crippen molar-refractivity contribution in [3.05, 3.63) is 39.9 Å². The van der Waals surface area contributed by atoms with Gasteiger partial charge in [0.2, 0.25) is 0 Å². The summed E-state index contributed by atoms with van der Waals surface area (Å²) in [5.41, 5.74) is 4.24. The minimum Gasteiger partial charge on any atom is -0.308 e. The Kier molecular flexibility index (Phi) is 3.92. The van der Waals surface area contributed by atoms with Crippen LogP contribution >= 0.6 is 11.3 Å². The van der Waals surface area contributed by atoms with E-state index in [1.807, 2.05) is 26.0 Å². The second-order valence-corrected chi connectivity index (χ2v) is 6.64. The van der Waals surface area contributed by atoms with Crippen molar-refractivity contribution in [1.82, 2.24) is 4.98 Å². The van der Waals surface area contributed by atoms with E-state index in [1.54, 1.807) is 11.3 Å². The van der Waals surface area contributed by atoms with Crippen molar-refractivity contribution in [3.63, 3.8) is 0 Å². The van der Waals surface area contributed by atoms with Gasteiger partial charge in [-0.05, 0) is 62.8 Å². The predicted octanol–water partition coefficient (Wildman–Crippen LogP) is 4.28. The van der Waals surface area contributed by atoms with Crippen molar-refractivity contribution < 1.29 is 4.79 Å². The summed E-state index contributed by atoms with van der Waals surface area (Å²) in [6.07, 6.45) is 4.55. The monoisotopic (exact) mass is 301 g/mol. The minimum atomic E-state index is -0.230. The summed E-state index contributed by atoms with van der Waals surface area (Å²) in [5.74, 6) is 0. The first-order chi connectivity index (χ1) is 10.1. The molecule has 1 aliphatic carbocycles. The SMILES string of the molecule is Cc1cc(C)cc(NC(=O)Nc2nc3c(s2)CCCC3)c1. The molecule has 1 heterocycles. The van der Waals surface area contributed by atoms with Crippen LogP contribution in [0.25, 0.3) is 0 Å². The van der Waals surface area contributed by atoms with Gasteiger partial charge in [0.05, 0.1) is 5.69 Å². The molecule has 0 bridgehead atoms. The Hall–Kier alpha value is -1.88. The highest BCUT2D eigenvalue weighted by Crippen LogP contribution is 2.29. The number of fused-ring (bicyclic) bond motifs is 1. The predicted molar refractivity (Wildman–Crippen MR) is 87.3 cm³/mol. The third-order valence-corrected chi connectivity index (χ3v) is 4.62. The number of hydrogen-bond donors (Lipinski definition) is 2. The number of anilines is 2. The molecular formula is C16H19N3OS. The van der Waals surface area contributed by atoms with E-state index in [0.717, 1.165) is 35.3 Å². The maximum atomic E-state index is 12.1. The van der Waals surface area contributed by atoms with Gasteiger partial charge < -0.3 is 5.32 Å². The van der Waals surface area contributed by atoms with Gasteiger partial charge in [-0.3, -0.25) is 5.32 Å². The van der Waals surface area contributed by atoms with Crippen molar-refractivity contribution in [1.29, 1.82) is 0 Å². The highest BCUT2D eigenvalue weighted by molar-refractivity contribution is 7.15. The van der Waals surface area contributed by atoms with Crippen LogP contribution in [0.5, 0.6) is 0 Å². The van der Waals surface area contributed by atoms with Crippen molar-refractivity contribution >= 4 is 28.2 Å². The summed E-state index contributed by atoms with van der Waals surface area (Å²) >= 11 is 1.60. The number of benzene rings is 1. The van der Waals surface area contributed by atoms with Crippen LogP contribution in [0.15, 0.2) is 18.2 Å². The number of nitrogens with zero attached hydrogens (tertiary/aromatic N) is 1. The second kappa shape index (κ2) is 5.85. The normalized spacial score (nSPS) is 13.6. The van der Waals surface area contributed by atoms with Crippen LogP contribution in [-0.2, 0) is 12.8 Å². The molecule has 2 amide bonds. The molecule has 0 spiro atoms. The van der Waals surface area contributed by atoms with E-state index in [9.17, 15) is 4.79 Å². The molecule has 0 aliphatic heterocycles. The van der Waals surface area contributed by atoms with E-state index in [0.29, 0.717) is 5.13 Å². The number of aromatic nitrogens is 1. The molecule has 0 atom stereocenters. The zero-order valence-electron chi connectivity index (χ0n) is 12.3. The average Bonchev–Trinajstić information content (AvgIpc) is 2.78. The lowest BCUT2D eigenvalue weighted by Crippen LogP contribution is -2.19. The Balaban J connectivity index is 1.67. The van der Waals surface area contributed by atoms with Crippen molar-refractivity contribution in [2.45, 2.75) is 39.5 Å². The number of aryl methyl sites for hydroxylation is 4. The highest BCUT2D eigenvalue weighted by atomic mass is 32.1. The number of carbonyl (C=O) groups excluding carboxylic acids is 1. The van der Waals surface area contributed by atoms with Gasteiger partial charge in [0.15, 0.2) is 5.13 Å². The lowest BCUT2D eigenvalue weighted by molar-refractivity contribution is 0.262. The fraction of sp³-hybridized carbons (Fsp3) is 0.375. The number of urea groups is 1. The Labute approximate surface area is 128 Å². The molecule has 5 heteroatoms. The van der Waals surface area contributed by atoms with Crippen LogP contribution in [0.2, 0.25) is 0 Å². The van der Waals surface area contributed by atoms with E-state index in [2.05, 4.69) is 21.7 Å². The molecule has 1 aromatic carbocycles. The van der Waals surface area contributed by atoms with Crippen LogP contribution in [-0.4, -0.2) is 11.0 Å². The summed E-state index contributed by atoms with van der Waals surface area (Å²) in [4.78, 5) is 17.9. The van der Waals surface area contributed by atoms with Gasteiger partial charge >= 0.3 is 6.03 Å².